The zero-order valence-corrected chi connectivity index (χ0v) is 19.2. The minimum atomic E-state index is -4.15. The average molecular weight is 455 g/mol. The van der Waals surface area contributed by atoms with E-state index in [1.807, 2.05) is 42.5 Å². The first-order chi connectivity index (χ1) is 15.2. The first-order valence-electron chi connectivity index (χ1n) is 10.5. The molecule has 1 N–H and O–H groups in total. The Bertz CT molecular complexity index is 1180. The smallest absolute Gasteiger partial charge is 0.255 e. The first kappa shape index (κ1) is 23.6. The van der Waals surface area contributed by atoms with Crippen LogP contribution in [0.25, 0.3) is 0 Å². The molecule has 0 spiro atoms. The summed E-state index contributed by atoms with van der Waals surface area (Å²) < 4.78 is 42.1. The lowest BCUT2D eigenvalue weighted by atomic mass is 10.0. The number of nitrogens with zero attached hydrogens (tertiary/aromatic N) is 1. The number of amides is 1. The third-order valence-electron chi connectivity index (χ3n) is 5.20. The van der Waals surface area contributed by atoms with Crippen molar-refractivity contribution in [2.24, 2.45) is 0 Å². The van der Waals surface area contributed by atoms with Gasteiger partial charge in [-0.2, -0.15) is 4.31 Å². The lowest BCUT2D eigenvalue weighted by Crippen LogP contribution is -2.31. The molecule has 3 rings (SSSR count). The Kier molecular flexibility index (Phi) is 7.43. The second-order valence-electron chi connectivity index (χ2n) is 7.79. The second-order valence-corrected chi connectivity index (χ2v) is 9.70. The highest BCUT2D eigenvalue weighted by molar-refractivity contribution is 7.89. The van der Waals surface area contributed by atoms with Crippen molar-refractivity contribution < 1.29 is 17.6 Å². The number of benzene rings is 3. The SMILES string of the molecule is CCN(Cc1ccccc1)S(=O)(=O)c1cc(C(=O)Nc2ccc(C(C)C)cc2)ccc1F. The van der Waals surface area contributed by atoms with Crippen molar-refractivity contribution in [1.29, 1.82) is 0 Å². The number of rotatable bonds is 8. The van der Waals surface area contributed by atoms with Gasteiger partial charge in [0.2, 0.25) is 10.0 Å². The molecule has 3 aromatic carbocycles. The fourth-order valence-electron chi connectivity index (χ4n) is 3.29. The summed E-state index contributed by atoms with van der Waals surface area (Å²) in [5.74, 6) is -1.04. The van der Waals surface area contributed by atoms with Crippen LogP contribution in [0, 0.1) is 5.82 Å². The number of sulfonamides is 1. The van der Waals surface area contributed by atoms with Gasteiger partial charge >= 0.3 is 0 Å². The highest BCUT2D eigenvalue weighted by atomic mass is 32.2. The van der Waals surface area contributed by atoms with Crippen LogP contribution in [0.1, 0.15) is 48.2 Å². The second kappa shape index (κ2) is 10.1. The van der Waals surface area contributed by atoms with Crippen molar-refractivity contribution in [3.63, 3.8) is 0 Å². The molecule has 3 aromatic rings. The summed E-state index contributed by atoms with van der Waals surface area (Å²) in [6.07, 6.45) is 0. The van der Waals surface area contributed by atoms with Gasteiger partial charge in [0.15, 0.2) is 0 Å². The van der Waals surface area contributed by atoms with Gasteiger partial charge in [-0.1, -0.05) is 63.2 Å². The molecule has 0 fully saturated rings. The molecule has 1 amide bonds. The fourth-order valence-corrected chi connectivity index (χ4v) is 4.82. The molecule has 0 radical (unpaired) electrons. The summed E-state index contributed by atoms with van der Waals surface area (Å²) in [4.78, 5) is 12.2. The van der Waals surface area contributed by atoms with Gasteiger partial charge in [0, 0.05) is 24.3 Å². The normalized spacial score (nSPS) is 11.7. The van der Waals surface area contributed by atoms with Gasteiger partial charge in [0.1, 0.15) is 10.7 Å². The number of nitrogens with one attached hydrogen (secondary N) is 1. The predicted molar refractivity (Wildman–Crippen MR) is 125 cm³/mol. The van der Waals surface area contributed by atoms with Crippen LogP contribution in [-0.2, 0) is 16.6 Å². The monoisotopic (exact) mass is 454 g/mol. The maximum absolute atomic E-state index is 14.6. The van der Waals surface area contributed by atoms with E-state index in [-0.39, 0.29) is 18.7 Å². The van der Waals surface area contributed by atoms with Crippen LogP contribution >= 0.6 is 0 Å². The van der Waals surface area contributed by atoms with Crippen LogP contribution in [0.15, 0.2) is 77.7 Å². The molecule has 0 heterocycles. The standard InChI is InChI=1S/C25H27FN2O3S/c1-4-28(17-19-8-6-5-7-9-19)32(30,31)24-16-21(12-15-23(24)26)25(29)27-22-13-10-20(11-14-22)18(2)3/h5-16,18H,4,17H2,1-3H3,(H,27,29). The maximum Gasteiger partial charge on any atom is 0.255 e. The molecule has 0 aliphatic rings. The quantitative estimate of drug-likeness (QED) is 0.495. The highest BCUT2D eigenvalue weighted by Gasteiger charge is 2.27. The van der Waals surface area contributed by atoms with Gasteiger partial charge in [0.25, 0.3) is 5.91 Å². The topological polar surface area (TPSA) is 66.5 Å². The van der Waals surface area contributed by atoms with E-state index in [9.17, 15) is 17.6 Å². The molecule has 168 valence electrons. The van der Waals surface area contributed by atoms with Gasteiger partial charge in [-0.25, -0.2) is 12.8 Å². The van der Waals surface area contributed by atoms with E-state index in [0.29, 0.717) is 11.6 Å². The molecular weight excluding hydrogens is 427 g/mol. The van der Waals surface area contributed by atoms with Crippen molar-refractivity contribution in [3.8, 4) is 0 Å². The van der Waals surface area contributed by atoms with Crippen LogP contribution in [0.5, 0.6) is 0 Å². The third kappa shape index (κ3) is 5.41. The van der Waals surface area contributed by atoms with Crippen molar-refractivity contribution in [1.82, 2.24) is 4.31 Å². The van der Waals surface area contributed by atoms with Crippen LogP contribution in [-0.4, -0.2) is 25.2 Å². The molecule has 7 heteroatoms. The Morgan fingerprint density at radius 3 is 2.25 bits per heavy atom. The van der Waals surface area contributed by atoms with Crippen molar-refractivity contribution >= 4 is 21.6 Å². The lowest BCUT2D eigenvalue weighted by molar-refractivity contribution is 0.102. The van der Waals surface area contributed by atoms with E-state index < -0.39 is 26.6 Å². The van der Waals surface area contributed by atoms with Crippen molar-refractivity contribution in [2.75, 3.05) is 11.9 Å². The Morgan fingerprint density at radius 2 is 1.66 bits per heavy atom. The third-order valence-corrected chi connectivity index (χ3v) is 7.14. The van der Waals surface area contributed by atoms with Crippen LogP contribution in [0.3, 0.4) is 0 Å². The van der Waals surface area contributed by atoms with Gasteiger partial charge in [0.05, 0.1) is 0 Å². The summed E-state index contributed by atoms with van der Waals surface area (Å²) in [6.45, 7) is 6.11. The van der Waals surface area contributed by atoms with Gasteiger partial charge in [-0.15, -0.1) is 0 Å². The van der Waals surface area contributed by atoms with Gasteiger partial charge in [-0.3, -0.25) is 4.79 Å². The molecular formula is C25H27FN2O3S. The Balaban J connectivity index is 1.85. The Morgan fingerprint density at radius 1 is 1.00 bits per heavy atom. The van der Waals surface area contributed by atoms with Gasteiger partial charge in [-0.05, 0) is 47.4 Å². The predicted octanol–water partition coefficient (Wildman–Crippen LogP) is 5.41. The fraction of sp³-hybridized carbons (Fsp3) is 0.240. The number of hydrogen-bond donors (Lipinski definition) is 1. The average Bonchev–Trinajstić information content (AvgIpc) is 2.78. The zero-order valence-electron chi connectivity index (χ0n) is 18.4. The van der Waals surface area contributed by atoms with E-state index in [1.54, 1.807) is 19.1 Å². The Hall–Kier alpha value is -3.03. The van der Waals surface area contributed by atoms with E-state index in [0.717, 1.165) is 23.3 Å². The molecule has 0 unspecified atom stereocenters. The number of anilines is 1. The van der Waals surface area contributed by atoms with E-state index in [4.69, 9.17) is 0 Å². The van der Waals surface area contributed by atoms with Crippen LogP contribution < -0.4 is 5.32 Å². The molecule has 0 saturated heterocycles. The molecule has 0 aromatic heterocycles. The van der Waals surface area contributed by atoms with Gasteiger partial charge < -0.3 is 5.32 Å². The zero-order chi connectivity index (χ0) is 23.3. The number of carbonyl (C=O) groups excluding carboxylic acids is 1. The number of carbonyl (C=O) groups is 1. The summed E-state index contributed by atoms with van der Waals surface area (Å²) in [5, 5.41) is 2.74. The van der Waals surface area contributed by atoms with Crippen molar-refractivity contribution in [3.05, 3.63) is 95.3 Å². The number of halogens is 1. The van der Waals surface area contributed by atoms with E-state index in [2.05, 4.69) is 19.2 Å². The summed E-state index contributed by atoms with van der Waals surface area (Å²) in [5.41, 5.74) is 2.56. The lowest BCUT2D eigenvalue weighted by Gasteiger charge is -2.21. The van der Waals surface area contributed by atoms with E-state index >= 15 is 0 Å². The first-order valence-corrected chi connectivity index (χ1v) is 11.9. The minimum absolute atomic E-state index is 0.0636. The van der Waals surface area contributed by atoms with Crippen LogP contribution in [0.2, 0.25) is 0 Å². The maximum atomic E-state index is 14.6. The summed E-state index contributed by atoms with van der Waals surface area (Å²) in [7, 11) is -4.15. The molecule has 0 atom stereocenters. The highest BCUT2D eigenvalue weighted by Crippen LogP contribution is 2.24. The molecule has 5 nitrogen and oxygen atoms in total. The largest absolute Gasteiger partial charge is 0.322 e. The summed E-state index contributed by atoms with van der Waals surface area (Å²) in [6, 6.07) is 19.9. The van der Waals surface area contributed by atoms with E-state index in [1.165, 1.54) is 10.4 Å². The molecule has 0 bridgehead atoms. The van der Waals surface area contributed by atoms with Crippen molar-refractivity contribution in [2.45, 2.75) is 38.1 Å². The molecule has 0 aliphatic heterocycles. The summed E-state index contributed by atoms with van der Waals surface area (Å²) >= 11 is 0. The Labute approximate surface area is 188 Å². The molecule has 0 aliphatic carbocycles. The van der Waals surface area contributed by atoms with Crippen LogP contribution in [0.4, 0.5) is 10.1 Å². The minimum Gasteiger partial charge on any atom is -0.322 e. The molecule has 32 heavy (non-hydrogen) atoms. The number of hydrogen-bond acceptors (Lipinski definition) is 3. The molecule has 0 saturated carbocycles.